The number of aromatic hydroxyl groups is 1. The van der Waals surface area contributed by atoms with Crippen LogP contribution in [0.1, 0.15) is 23.6 Å². The van der Waals surface area contributed by atoms with Crippen molar-refractivity contribution in [3.8, 4) is 5.75 Å². The summed E-state index contributed by atoms with van der Waals surface area (Å²) in [7, 11) is 0. The Hall–Kier alpha value is -1.06. The van der Waals surface area contributed by atoms with Gasteiger partial charge in [0, 0.05) is 25.2 Å². The summed E-state index contributed by atoms with van der Waals surface area (Å²) in [6.07, 6.45) is 0.289. The van der Waals surface area contributed by atoms with Gasteiger partial charge in [-0.25, -0.2) is 0 Å². The van der Waals surface area contributed by atoms with E-state index in [1.165, 1.54) is 5.56 Å². The molecule has 1 N–H and O–H groups in total. The molecule has 1 aromatic carbocycles. The van der Waals surface area contributed by atoms with Crippen molar-refractivity contribution in [2.24, 2.45) is 0 Å². The first-order valence-corrected chi connectivity index (χ1v) is 6.19. The molecule has 0 saturated carbocycles. The van der Waals surface area contributed by atoms with E-state index in [0.29, 0.717) is 5.75 Å². The third kappa shape index (κ3) is 2.99. The van der Waals surface area contributed by atoms with Crippen LogP contribution in [0.2, 0.25) is 0 Å². The predicted molar refractivity (Wildman–Crippen MR) is 68.3 cm³/mol. The number of hydrogen-bond acceptors (Lipinski definition) is 3. The Kier molecular flexibility index (Phi) is 3.69. The lowest BCUT2D eigenvalue weighted by Gasteiger charge is -2.31. The number of phenols is 1. The van der Waals surface area contributed by atoms with Crippen LogP contribution in [0.15, 0.2) is 12.1 Å². The summed E-state index contributed by atoms with van der Waals surface area (Å²) in [5.41, 5.74) is 3.39. The molecule has 17 heavy (non-hydrogen) atoms. The van der Waals surface area contributed by atoms with Gasteiger partial charge in [-0.2, -0.15) is 0 Å². The van der Waals surface area contributed by atoms with E-state index in [-0.39, 0.29) is 6.10 Å². The largest absolute Gasteiger partial charge is 0.508 e. The Morgan fingerprint density at radius 1 is 1.35 bits per heavy atom. The van der Waals surface area contributed by atoms with Gasteiger partial charge in [0.05, 0.1) is 12.7 Å². The van der Waals surface area contributed by atoms with Crippen LogP contribution in [-0.4, -0.2) is 35.8 Å². The highest BCUT2D eigenvalue weighted by molar-refractivity contribution is 5.40. The molecular weight excluding hydrogens is 214 g/mol. The van der Waals surface area contributed by atoms with Crippen molar-refractivity contribution >= 4 is 0 Å². The van der Waals surface area contributed by atoms with Gasteiger partial charge in [-0.15, -0.1) is 0 Å². The Labute approximate surface area is 103 Å². The molecule has 3 nitrogen and oxygen atoms in total. The number of ether oxygens (including phenoxy) is 1. The topological polar surface area (TPSA) is 32.7 Å². The molecule has 0 unspecified atom stereocenters. The van der Waals surface area contributed by atoms with Crippen LogP contribution in [0, 0.1) is 13.8 Å². The van der Waals surface area contributed by atoms with E-state index < -0.39 is 0 Å². The smallest absolute Gasteiger partial charge is 0.120 e. The lowest BCUT2D eigenvalue weighted by atomic mass is 10.0. The molecule has 2 rings (SSSR count). The minimum Gasteiger partial charge on any atom is -0.508 e. The van der Waals surface area contributed by atoms with E-state index in [0.717, 1.165) is 37.4 Å². The van der Waals surface area contributed by atoms with Crippen LogP contribution >= 0.6 is 0 Å². The molecule has 1 fully saturated rings. The monoisotopic (exact) mass is 235 g/mol. The van der Waals surface area contributed by atoms with Gasteiger partial charge in [0.1, 0.15) is 5.75 Å². The van der Waals surface area contributed by atoms with Gasteiger partial charge in [-0.3, -0.25) is 4.90 Å². The summed E-state index contributed by atoms with van der Waals surface area (Å²) < 4.78 is 5.51. The zero-order chi connectivity index (χ0) is 12.4. The Morgan fingerprint density at radius 3 is 2.76 bits per heavy atom. The van der Waals surface area contributed by atoms with Crippen molar-refractivity contribution < 1.29 is 9.84 Å². The van der Waals surface area contributed by atoms with Crippen molar-refractivity contribution in [1.82, 2.24) is 4.90 Å². The molecule has 0 bridgehead atoms. The lowest BCUT2D eigenvalue weighted by Crippen LogP contribution is -2.40. The van der Waals surface area contributed by atoms with E-state index in [9.17, 15) is 5.11 Å². The van der Waals surface area contributed by atoms with E-state index in [1.807, 2.05) is 13.0 Å². The van der Waals surface area contributed by atoms with Gasteiger partial charge in [-0.05, 0) is 38.0 Å². The number of morpholine rings is 1. The maximum absolute atomic E-state index is 9.95. The molecule has 1 heterocycles. The molecular formula is C14H21NO2. The third-order valence-electron chi connectivity index (χ3n) is 3.41. The van der Waals surface area contributed by atoms with Gasteiger partial charge in [0.15, 0.2) is 0 Å². The molecule has 3 heteroatoms. The summed E-state index contributed by atoms with van der Waals surface area (Å²) in [4.78, 5) is 2.33. The van der Waals surface area contributed by atoms with Gasteiger partial charge in [0.2, 0.25) is 0 Å². The van der Waals surface area contributed by atoms with Gasteiger partial charge in [0.25, 0.3) is 0 Å². The Balaban J connectivity index is 2.10. The normalized spacial score (nSPS) is 21.7. The standard InChI is InChI=1S/C14H21NO2/c1-10-6-13(14(16)7-11(10)2)9-15-4-5-17-12(3)8-15/h6-7,12,16H,4-5,8-9H2,1-3H3/t12-/m0/s1. The fourth-order valence-electron chi connectivity index (χ4n) is 2.26. The first kappa shape index (κ1) is 12.4. The summed E-state index contributed by atoms with van der Waals surface area (Å²) in [5.74, 6) is 0.409. The molecule has 1 saturated heterocycles. The molecule has 0 spiro atoms. The molecule has 0 aliphatic carbocycles. The molecule has 0 radical (unpaired) electrons. The van der Waals surface area contributed by atoms with E-state index in [4.69, 9.17) is 4.74 Å². The fourth-order valence-corrected chi connectivity index (χ4v) is 2.26. The van der Waals surface area contributed by atoms with Crippen LogP contribution in [0.5, 0.6) is 5.75 Å². The average molecular weight is 235 g/mol. The number of phenolic OH excluding ortho intramolecular Hbond substituents is 1. The minimum absolute atomic E-state index is 0.289. The van der Waals surface area contributed by atoms with Crippen LogP contribution in [0.3, 0.4) is 0 Å². The van der Waals surface area contributed by atoms with Gasteiger partial charge >= 0.3 is 0 Å². The maximum atomic E-state index is 9.95. The van der Waals surface area contributed by atoms with Crippen molar-refractivity contribution in [2.45, 2.75) is 33.4 Å². The summed E-state index contributed by atoms with van der Waals surface area (Å²) >= 11 is 0. The zero-order valence-corrected chi connectivity index (χ0v) is 10.9. The molecule has 1 aliphatic rings. The number of aryl methyl sites for hydroxylation is 2. The zero-order valence-electron chi connectivity index (χ0n) is 10.9. The summed E-state index contributed by atoms with van der Waals surface area (Å²) in [6.45, 7) is 9.67. The van der Waals surface area contributed by atoms with E-state index in [2.05, 4.69) is 24.8 Å². The van der Waals surface area contributed by atoms with E-state index in [1.54, 1.807) is 0 Å². The van der Waals surface area contributed by atoms with Gasteiger partial charge < -0.3 is 9.84 Å². The second-order valence-corrected chi connectivity index (χ2v) is 4.98. The molecule has 0 aromatic heterocycles. The summed E-state index contributed by atoms with van der Waals surface area (Å²) in [5, 5.41) is 9.95. The Bertz CT molecular complexity index is 403. The molecule has 1 aromatic rings. The van der Waals surface area contributed by atoms with E-state index >= 15 is 0 Å². The molecule has 0 amide bonds. The SMILES string of the molecule is Cc1cc(O)c(CN2CCO[C@@H](C)C2)cc1C. The quantitative estimate of drug-likeness (QED) is 0.853. The highest BCUT2D eigenvalue weighted by Gasteiger charge is 2.18. The predicted octanol–water partition coefficient (Wildman–Crippen LogP) is 2.23. The first-order chi connectivity index (χ1) is 8.06. The average Bonchev–Trinajstić information content (AvgIpc) is 2.26. The molecule has 94 valence electrons. The number of rotatable bonds is 2. The van der Waals surface area contributed by atoms with Crippen molar-refractivity contribution in [1.29, 1.82) is 0 Å². The minimum atomic E-state index is 0.289. The van der Waals surface area contributed by atoms with Crippen molar-refractivity contribution in [3.63, 3.8) is 0 Å². The summed E-state index contributed by atoms with van der Waals surface area (Å²) in [6, 6.07) is 3.94. The van der Waals surface area contributed by atoms with Crippen molar-refractivity contribution in [2.75, 3.05) is 19.7 Å². The van der Waals surface area contributed by atoms with Crippen LogP contribution < -0.4 is 0 Å². The second kappa shape index (κ2) is 5.07. The Morgan fingerprint density at radius 2 is 2.06 bits per heavy atom. The number of hydrogen-bond donors (Lipinski definition) is 1. The molecule has 1 atom stereocenters. The second-order valence-electron chi connectivity index (χ2n) is 4.98. The lowest BCUT2D eigenvalue weighted by molar-refractivity contribution is -0.0214. The van der Waals surface area contributed by atoms with Gasteiger partial charge in [-0.1, -0.05) is 6.07 Å². The highest BCUT2D eigenvalue weighted by atomic mass is 16.5. The molecule has 1 aliphatic heterocycles. The number of benzene rings is 1. The first-order valence-electron chi connectivity index (χ1n) is 6.19. The highest BCUT2D eigenvalue weighted by Crippen LogP contribution is 2.23. The van der Waals surface area contributed by atoms with Crippen molar-refractivity contribution in [3.05, 3.63) is 28.8 Å². The fraction of sp³-hybridized carbons (Fsp3) is 0.571. The third-order valence-corrected chi connectivity index (χ3v) is 3.41. The van der Waals surface area contributed by atoms with Crippen LogP contribution in [0.25, 0.3) is 0 Å². The maximum Gasteiger partial charge on any atom is 0.120 e. The van der Waals surface area contributed by atoms with Crippen LogP contribution in [-0.2, 0) is 11.3 Å². The van der Waals surface area contributed by atoms with Crippen LogP contribution in [0.4, 0.5) is 0 Å². The number of nitrogens with zero attached hydrogens (tertiary/aromatic N) is 1.